The minimum atomic E-state index is 0.409. The van der Waals surface area contributed by atoms with Gasteiger partial charge in [-0.05, 0) is 55.7 Å². The van der Waals surface area contributed by atoms with Gasteiger partial charge in [-0.25, -0.2) is 0 Å². The number of aryl methyl sites for hydroxylation is 1. The maximum absolute atomic E-state index is 10.3. The third-order valence-electron chi connectivity index (χ3n) is 5.23. The van der Waals surface area contributed by atoms with Crippen LogP contribution in [-0.4, -0.2) is 24.2 Å². The number of fused-ring (bicyclic) bond motifs is 1. The Kier molecular flexibility index (Phi) is 5.42. The zero-order chi connectivity index (χ0) is 16.1. The molecule has 23 heavy (non-hydrogen) atoms. The third kappa shape index (κ3) is 3.98. The predicted molar refractivity (Wildman–Crippen MR) is 95.0 cm³/mol. The number of hydrogen-bond acceptors (Lipinski definition) is 2. The van der Waals surface area contributed by atoms with E-state index in [1.165, 1.54) is 56.1 Å². The largest absolute Gasteiger partial charge is 0.508 e. The predicted octanol–water partition coefficient (Wildman–Crippen LogP) is 3.27. The fourth-order valence-corrected chi connectivity index (χ4v) is 3.90. The van der Waals surface area contributed by atoms with Crippen LogP contribution in [0, 0.1) is 0 Å². The van der Waals surface area contributed by atoms with E-state index in [0.29, 0.717) is 18.3 Å². The lowest BCUT2D eigenvalue weighted by molar-refractivity contribution is 0.409. The van der Waals surface area contributed by atoms with Gasteiger partial charge in [0.25, 0.3) is 0 Å². The Bertz CT molecular complexity index is 562. The molecule has 4 nitrogen and oxygen atoms in total. The minimum Gasteiger partial charge on any atom is -0.508 e. The zero-order valence-corrected chi connectivity index (χ0v) is 14.2. The van der Waals surface area contributed by atoms with E-state index in [0.717, 1.165) is 24.4 Å². The summed E-state index contributed by atoms with van der Waals surface area (Å²) < 4.78 is 0. The number of benzene rings is 1. The van der Waals surface area contributed by atoms with Crippen molar-refractivity contribution in [2.24, 2.45) is 4.99 Å². The Morgan fingerprint density at radius 3 is 2.70 bits per heavy atom. The summed E-state index contributed by atoms with van der Waals surface area (Å²) in [6.07, 6.45) is 11.1. The summed E-state index contributed by atoms with van der Waals surface area (Å²) >= 11 is 0. The molecule has 0 aliphatic heterocycles. The van der Waals surface area contributed by atoms with Crippen LogP contribution in [0.4, 0.5) is 0 Å². The summed E-state index contributed by atoms with van der Waals surface area (Å²) in [4.78, 5) is 4.35. The molecule has 0 radical (unpaired) electrons. The summed E-state index contributed by atoms with van der Waals surface area (Å²) in [6, 6.07) is 4.47. The van der Waals surface area contributed by atoms with Crippen molar-refractivity contribution >= 4 is 5.96 Å². The van der Waals surface area contributed by atoms with Gasteiger partial charge in [-0.3, -0.25) is 4.99 Å². The highest BCUT2D eigenvalue weighted by atomic mass is 16.3. The Labute approximate surface area is 139 Å². The van der Waals surface area contributed by atoms with Crippen LogP contribution in [0.15, 0.2) is 17.1 Å². The number of aliphatic imine (C=N–C) groups is 1. The first-order valence-corrected chi connectivity index (χ1v) is 9.07. The first kappa shape index (κ1) is 16.2. The lowest BCUT2D eigenvalue weighted by Gasteiger charge is -2.26. The van der Waals surface area contributed by atoms with Gasteiger partial charge in [-0.15, -0.1) is 0 Å². The molecule has 3 rings (SSSR count). The molecule has 2 aliphatic carbocycles. The number of phenols is 1. The first-order chi connectivity index (χ1) is 11.3. The lowest BCUT2D eigenvalue weighted by Crippen LogP contribution is -2.44. The minimum absolute atomic E-state index is 0.409. The molecular weight excluding hydrogens is 286 g/mol. The van der Waals surface area contributed by atoms with Crippen molar-refractivity contribution in [1.82, 2.24) is 10.6 Å². The van der Waals surface area contributed by atoms with Crippen molar-refractivity contribution in [2.45, 2.75) is 70.4 Å². The zero-order valence-electron chi connectivity index (χ0n) is 14.2. The van der Waals surface area contributed by atoms with Crippen LogP contribution in [0.5, 0.6) is 5.75 Å². The van der Waals surface area contributed by atoms with Crippen molar-refractivity contribution in [2.75, 3.05) is 7.05 Å². The molecule has 0 bridgehead atoms. The van der Waals surface area contributed by atoms with Crippen molar-refractivity contribution in [1.29, 1.82) is 0 Å². The summed E-state index contributed by atoms with van der Waals surface area (Å²) in [5.41, 5.74) is 3.80. The van der Waals surface area contributed by atoms with Gasteiger partial charge in [0.05, 0.1) is 0 Å². The van der Waals surface area contributed by atoms with E-state index in [4.69, 9.17) is 0 Å². The van der Waals surface area contributed by atoms with Crippen LogP contribution in [0.1, 0.15) is 61.6 Å². The van der Waals surface area contributed by atoms with Crippen molar-refractivity contribution in [3.8, 4) is 5.75 Å². The van der Waals surface area contributed by atoms with Crippen molar-refractivity contribution in [3.63, 3.8) is 0 Å². The summed E-state index contributed by atoms with van der Waals surface area (Å²) in [7, 11) is 1.82. The molecule has 1 aromatic carbocycles. The number of guanidine groups is 1. The maximum atomic E-state index is 10.3. The molecule has 0 aromatic heterocycles. The molecular formula is C19H29N3O. The van der Waals surface area contributed by atoms with E-state index < -0.39 is 0 Å². The van der Waals surface area contributed by atoms with Gasteiger partial charge < -0.3 is 15.7 Å². The van der Waals surface area contributed by atoms with Gasteiger partial charge in [0.1, 0.15) is 5.75 Å². The molecule has 4 heteroatoms. The van der Waals surface area contributed by atoms with Crippen LogP contribution in [0.25, 0.3) is 0 Å². The second-order valence-corrected chi connectivity index (χ2v) is 6.81. The third-order valence-corrected chi connectivity index (χ3v) is 5.23. The average molecular weight is 315 g/mol. The molecule has 0 heterocycles. The second kappa shape index (κ2) is 7.71. The number of phenolic OH excluding ortho intramolecular Hbond substituents is 1. The summed E-state index contributed by atoms with van der Waals surface area (Å²) in [5.74, 6) is 1.26. The van der Waals surface area contributed by atoms with Crippen LogP contribution < -0.4 is 10.6 Å². The Morgan fingerprint density at radius 2 is 1.91 bits per heavy atom. The Balaban J connectivity index is 1.64. The molecule has 0 atom stereocenters. The van der Waals surface area contributed by atoms with E-state index in [9.17, 15) is 5.11 Å². The lowest BCUT2D eigenvalue weighted by atomic mass is 9.88. The fourth-order valence-electron chi connectivity index (χ4n) is 3.90. The van der Waals surface area contributed by atoms with Crippen LogP contribution in [0.3, 0.4) is 0 Å². The molecule has 1 saturated carbocycles. The molecule has 0 unspecified atom stereocenters. The SMILES string of the molecule is CN=C(NCc1c(O)ccc2c1CCCC2)NC1CCCCC1. The molecule has 3 N–H and O–H groups in total. The van der Waals surface area contributed by atoms with Gasteiger partial charge in [0, 0.05) is 25.2 Å². The highest BCUT2D eigenvalue weighted by molar-refractivity contribution is 5.80. The van der Waals surface area contributed by atoms with Crippen LogP contribution in [-0.2, 0) is 19.4 Å². The fraction of sp³-hybridized carbons (Fsp3) is 0.632. The topological polar surface area (TPSA) is 56.7 Å². The van der Waals surface area contributed by atoms with Crippen LogP contribution in [0.2, 0.25) is 0 Å². The van der Waals surface area contributed by atoms with E-state index in [1.54, 1.807) is 0 Å². The Morgan fingerprint density at radius 1 is 1.13 bits per heavy atom. The highest BCUT2D eigenvalue weighted by Gasteiger charge is 2.18. The number of aromatic hydroxyl groups is 1. The maximum Gasteiger partial charge on any atom is 0.191 e. The number of hydrogen-bond donors (Lipinski definition) is 3. The monoisotopic (exact) mass is 315 g/mol. The summed E-state index contributed by atoms with van der Waals surface area (Å²) in [6.45, 7) is 0.640. The van der Waals surface area contributed by atoms with Crippen molar-refractivity contribution in [3.05, 3.63) is 28.8 Å². The summed E-state index contributed by atoms with van der Waals surface area (Å²) in [5, 5.41) is 17.2. The molecule has 0 spiro atoms. The number of rotatable bonds is 3. The molecule has 0 amide bonds. The van der Waals surface area contributed by atoms with E-state index in [-0.39, 0.29) is 0 Å². The molecule has 126 valence electrons. The molecule has 1 fully saturated rings. The average Bonchev–Trinajstić information content (AvgIpc) is 2.60. The molecule has 1 aromatic rings. The quantitative estimate of drug-likeness (QED) is 0.593. The van der Waals surface area contributed by atoms with E-state index >= 15 is 0 Å². The standard InChI is InChI=1S/C19H29N3O/c1-20-19(22-15-8-3-2-4-9-15)21-13-17-16-10-6-5-7-14(16)11-12-18(17)23/h11-12,15,23H,2-10,13H2,1H3,(H2,20,21,22). The smallest absolute Gasteiger partial charge is 0.191 e. The van der Waals surface area contributed by atoms with Gasteiger partial charge in [-0.1, -0.05) is 25.3 Å². The van der Waals surface area contributed by atoms with Crippen molar-refractivity contribution < 1.29 is 5.11 Å². The normalized spacial score (nSPS) is 19.3. The van der Waals surface area contributed by atoms with Gasteiger partial charge in [-0.2, -0.15) is 0 Å². The Hall–Kier alpha value is -1.71. The molecule has 2 aliphatic rings. The number of nitrogens with zero attached hydrogens (tertiary/aromatic N) is 1. The second-order valence-electron chi connectivity index (χ2n) is 6.81. The first-order valence-electron chi connectivity index (χ1n) is 9.07. The highest BCUT2D eigenvalue weighted by Crippen LogP contribution is 2.30. The van der Waals surface area contributed by atoms with Crippen LogP contribution >= 0.6 is 0 Å². The van der Waals surface area contributed by atoms with Gasteiger partial charge >= 0.3 is 0 Å². The van der Waals surface area contributed by atoms with E-state index in [1.807, 2.05) is 13.1 Å². The molecule has 0 saturated heterocycles. The number of nitrogens with one attached hydrogen (secondary N) is 2. The van der Waals surface area contributed by atoms with Gasteiger partial charge in [0.2, 0.25) is 0 Å². The van der Waals surface area contributed by atoms with Gasteiger partial charge in [0.15, 0.2) is 5.96 Å². The van der Waals surface area contributed by atoms with E-state index in [2.05, 4.69) is 21.7 Å².